The number of hydrogen-bond acceptors (Lipinski definition) is 3. The summed E-state index contributed by atoms with van der Waals surface area (Å²) in [6.07, 6.45) is -4.26. The Bertz CT molecular complexity index is 870. The van der Waals surface area contributed by atoms with E-state index in [9.17, 15) is 17.6 Å². The Balaban J connectivity index is 1.65. The number of thioether (sulfide) groups is 1. The molecule has 0 bridgehead atoms. The van der Waals surface area contributed by atoms with Crippen molar-refractivity contribution < 1.29 is 17.6 Å². The van der Waals surface area contributed by atoms with Gasteiger partial charge < -0.3 is 4.90 Å². The third-order valence-corrected chi connectivity index (χ3v) is 6.95. The third-order valence-electron chi connectivity index (χ3n) is 4.76. The topological polar surface area (TPSA) is 6.48 Å². The second kappa shape index (κ2) is 9.45. The third kappa shape index (κ3) is 6.26. The fraction of sp³-hybridized carbons (Fsp3) is 0.400. The zero-order chi connectivity index (χ0) is 21.2. The lowest BCUT2D eigenvalue weighted by molar-refractivity contribution is -0.105. The maximum atomic E-state index is 14.5. The minimum atomic E-state index is -4.26. The van der Waals surface area contributed by atoms with Crippen LogP contribution in [0.2, 0.25) is 5.02 Å². The molecule has 0 atom stereocenters. The molecule has 1 fully saturated rings. The summed E-state index contributed by atoms with van der Waals surface area (Å²) in [4.78, 5) is 4.63. The molecule has 29 heavy (non-hydrogen) atoms. The van der Waals surface area contributed by atoms with E-state index in [1.807, 2.05) is 23.1 Å². The first-order valence-corrected chi connectivity index (χ1v) is 11.2. The van der Waals surface area contributed by atoms with Crippen LogP contribution in [0.4, 0.5) is 23.2 Å². The van der Waals surface area contributed by atoms with Gasteiger partial charge in [0.25, 0.3) is 0 Å². The van der Waals surface area contributed by atoms with Crippen LogP contribution in [-0.4, -0.2) is 43.0 Å². The summed E-state index contributed by atoms with van der Waals surface area (Å²) in [6.45, 7) is 5.05. The van der Waals surface area contributed by atoms with E-state index in [0.29, 0.717) is 46.0 Å². The number of aryl methyl sites for hydroxylation is 1. The van der Waals surface area contributed by atoms with Gasteiger partial charge in [-0.1, -0.05) is 33.6 Å². The summed E-state index contributed by atoms with van der Waals surface area (Å²) in [5.41, 5.74) is 2.01. The molecule has 1 aliphatic rings. The van der Waals surface area contributed by atoms with Crippen molar-refractivity contribution in [3.8, 4) is 0 Å². The Kier molecular flexibility index (Phi) is 7.41. The van der Waals surface area contributed by atoms with Gasteiger partial charge in [-0.3, -0.25) is 4.90 Å². The average Bonchev–Trinajstić information content (AvgIpc) is 2.63. The second-order valence-corrected chi connectivity index (χ2v) is 9.28. The van der Waals surface area contributed by atoms with E-state index < -0.39 is 17.7 Å². The summed E-state index contributed by atoms with van der Waals surface area (Å²) in [7, 11) is 0. The van der Waals surface area contributed by atoms with Crippen molar-refractivity contribution >= 4 is 45.0 Å². The predicted molar refractivity (Wildman–Crippen MR) is 115 cm³/mol. The van der Waals surface area contributed by atoms with E-state index in [2.05, 4.69) is 20.8 Å². The summed E-state index contributed by atoms with van der Waals surface area (Å²) >= 11 is 10.2. The lowest BCUT2D eigenvalue weighted by Gasteiger charge is -2.36. The standard InChI is InChI=1S/C20H20BrClF4N2S/c1-13-8-17(23)18(10-19(13)29-12-20(24,25)26)28-6-4-27(5-7-28)11-14-2-3-15(22)9-16(14)21/h2-3,8-10H,4-7,11-12H2,1H3. The molecule has 2 aromatic carbocycles. The molecule has 1 heterocycles. The Morgan fingerprint density at radius 3 is 2.41 bits per heavy atom. The number of piperazine rings is 1. The zero-order valence-electron chi connectivity index (χ0n) is 15.7. The largest absolute Gasteiger partial charge is 0.398 e. The molecule has 0 aliphatic carbocycles. The number of nitrogens with zero attached hydrogens (tertiary/aromatic N) is 2. The van der Waals surface area contributed by atoms with Crippen molar-refractivity contribution in [2.75, 3.05) is 36.8 Å². The quantitative estimate of drug-likeness (QED) is 0.333. The first-order valence-electron chi connectivity index (χ1n) is 9.03. The molecular weight excluding hydrogens is 492 g/mol. The van der Waals surface area contributed by atoms with Gasteiger partial charge in [0.05, 0.1) is 11.4 Å². The van der Waals surface area contributed by atoms with Crippen LogP contribution in [0.25, 0.3) is 0 Å². The molecule has 0 unspecified atom stereocenters. The highest BCUT2D eigenvalue weighted by Gasteiger charge is 2.28. The Morgan fingerprint density at radius 1 is 1.10 bits per heavy atom. The highest BCUT2D eigenvalue weighted by molar-refractivity contribution is 9.10. The van der Waals surface area contributed by atoms with Gasteiger partial charge in [0.15, 0.2) is 0 Å². The predicted octanol–water partition coefficient (Wildman–Crippen LogP) is 6.53. The van der Waals surface area contributed by atoms with E-state index in [0.717, 1.165) is 29.7 Å². The Hall–Kier alpha value is -0.960. The van der Waals surface area contributed by atoms with E-state index in [1.54, 1.807) is 13.0 Å². The molecule has 0 saturated carbocycles. The van der Waals surface area contributed by atoms with Crippen LogP contribution in [0.15, 0.2) is 39.7 Å². The minimum Gasteiger partial charge on any atom is -0.367 e. The molecule has 158 valence electrons. The van der Waals surface area contributed by atoms with Crippen LogP contribution in [0.5, 0.6) is 0 Å². The van der Waals surface area contributed by atoms with Crippen LogP contribution in [0.1, 0.15) is 11.1 Å². The Labute approximate surface area is 185 Å². The fourth-order valence-corrected chi connectivity index (χ4v) is 4.85. The zero-order valence-corrected chi connectivity index (χ0v) is 18.9. The summed E-state index contributed by atoms with van der Waals surface area (Å²) in [6, 6.07) is 8.55. The number of rotatable bonds is 5. The highest BCUT2D eigenvalue weighted by Crippen LogP contribution is 2.34. The molecule has 0 aromatic heterocycles. The van der Waals surface area contributed by atoms with Gasteiger partial charge in [0.2, 0.25) is 0 Å². The summed E-state index contributed by atoms with van der Waals surface area (Å²) in [5.74, 6) is -1.38. The van der Waals surface area contributed by atoms with Crippen LogP contribution in [-0.2, 0) is 6.54 Å². The maximum Gasteiger partial charge on any atom is 0.398 e. The van der Waals surface area contributed by atoms with E-state index in [4.69, 9.17) is 11.6 Å². The van der Waals surface area contributed by atoms with E-state index >= 15 is 0 Å². The molecule has 1 aliphatic heterocycles. The monoisotopic (exact) mass is 510 g/mol. The van der Waals surface area contributed by atoms with Crippen LogP contribution in [0, 0.1) is 12.7 Å². The van der Waals surface area contributed by atoms with Gasteiger partial charge in [-0.15, -0.1) is 11.8 Å². The minimum absolute atomic E-state index is 0.368. The molecule has 1 saturated heterocycles. The molecule has 2 aromatic rings. The van der Waals surface area contributed by atoms with Crippen LogP contribution < -0.4 is 4.90 Å². The summed E-state index contributed by atoms with van der Waals surface area (Å²) < 4.78 is 53.1. The van der Waals surface area contributed by atoms with Gasteiger partial charge in [0, 0.05) is 47.1 Å². The highest BCUT2D eigenvalue weighted by atomic mass is 79.9. The van der Waals surface area contributed by atoms with Crippen molar-refractivity contribution in [2.45, 2.75) is 24.5 Å². The van der Waals surface area contributed by atoms with Gasteiger partial charge in [-0.25, -0.2) is 4.39 Å². The molecule has 0 spiro atoms. The maximum absolute atomic E-state index is 14.5. The molecule has 9 heteroatoms. The summed E-state index contributed by atoms with van der Waals surface area (Å²) in [5, 5.41) is 0.666. The first kappa shape index (κ1) is 22.7. The molecule has 0 N–H and O–H groups in total. The number of hydrogen-bond donors (Lipinski definition) is 0. The van der Waals surface area contributed by atoms with Crippen LogP contribution >= 0.6 is 39.3 Å². The smallest absolute Gasteiger partial charge is 0.367 e. The molecule has 0 radical (unpaired) electrons. The molecular formula is C20H20BrClF4N2S. The van der Waals surface area contributed by atoms with Gasteiger partial charge in [0.1, 0.15) is 5.82 Å². The molecule has 2 nitrogen and oxygen atoms in total. The fourth-order valence-electron chi connectivity index (χ4n) is 3.24. The SMILES string of the molecule is Cc1cc(F)c(N2CCN(Cc3ccc(Cl)cc3Br)CC2)cc1SCC(F)(F)F. The number of benzene rings is 2. The molecule has 0 amide bonds. The van der Waals surface area contributed by atoms with Crippen LogP contribution in [0.3, 0.4) is 0 Å². The van der Waals surface area contributed by atoms with E-state index in [-0.39, 0.29) is 0 Å². The molecule has 3 rings (SSSR count). The van der Waals surface area contributed by atoms with Gasteiger partial charge in [-0.2, -0.15) is 13.2 Å². The van der Waals surface area contributed by atoms with Crippen molar-refractivity contribution in [2.24, 2.45) is 0 Å². The number of anilines is 1. The lowest BCUT2D eigenvalue weighted by Crippen LogP contribution is -2.46. The number of halogens is 6. The first-order chi connectivity index (χ1) is 13.6. The van der Waals surface area contributed by atoms with E-state index in [1.165, 1.54) is 6.07 Å². The van der Waals surface area contributed by atoms with Crippen molar-refractivity contribution in [1.82, 2.24) is 4.90 Å². The average molecular weight is 512 g/mol. The second-order valence-electron chi connectivity index (χ2n) is 6.97. The lowest BCUT2D eigenvalue weighted by atomic mass is 10.1. The van der Waals surface area contributed by atoms with Crippen molar-refractivity contribution in [3.63, 3.8) is 0 Å². The van der Waals surface area contributed by atoms with Crippen molar-refractivity contribution in [1.29, 1.82) is 0 Å². The van der Waals surface area contributed by atoms with Crippen molar-refractivity contribution in [3.05, 3.63) is 56.8 Å². The number of alkyl halides is 3. The van der Waals surface area contributed by atoms with Gasteiger partial charge >= 0.3 is 6.18 Å². The van der Waals surface area contributed by atoms with Gasteiger partial charge in [-0.05, 0) is 42.3 Å². The Morgan fingerprint density at radius 2 is 1.79 bits per heavy atom. The normalized spacial score (nSPS) is 15.8.